The van der Waals surface area contributed by atoms with Gasteiger partial charge in [-0.05, 0) is 60.2 Å². The fourth-order valence-electron chi connectivity index (χ4n) is 3.15. The molecule has 112 valence electrons. The van der Waals surface area contributed by atoms with Crippen molar-refractivity contribution >= 4 is 6.41 Å². The molecular formula is C18H17FN2O. The van der Waals surface area contributed by atoms with E-state index in [-0.39, 0.29) is 11.7 Å². The molecule has 0 radical (unpaired) electrons. The molecule has 3 nitrogen and oxygen atoms in total. The molecule has 2 aliphatic carbocycles. The summed E-state index contributed by atoms with van der Waals surface area (Å²) in [7, 11) is 0. The van der Waals surface area contributed by atoms with Crippen molar-refractivity contribution in [1.29, 1.82) is 0 Å². The molecule has 0 bridgehead atoms. The lowest BCUT2D eigenvalue weighted by atomic mass is 9.98. The molecule has 1 amide bonds. The Morgan fingerprint density at radius 3 is 2.77 bits per heavy atom. The number of benzene rings is 1. The van der Waals surface area contributed by atoms with Crippen molar-refractivity contribution in [2.45, 2.75) is 25.2 Å². The molecular weight excluding hydrogens is 279 g/mol. The van der Waals surface area contributed by atoms with Gasteiger partial charge in [-0.2, -0.15) is 0 Å². The van der Waals surface area contributed by atoms with Crippen molar-refractivity contribution in [2.24, 2.45) is 5.92 Å². The van der Waals surface area contributed by atoms with E-state index in [0.29, 0.717) is 12.5 Å². The molecule has 2 aliphatic rings. The van der Waals surface area contributed by atoms with E-state index in [0.717, 1.165) is 29.8 Å². The quantitative estimate of drug-likeness (QED) is 0.710. The van der Waals surface area contributed by atoms with Crippen LogP contribution in [0.5, 0.6) is 0 Å². The number of rotatable bonds is 6. The van der Waals surface area contributed by atoms with E-state index in [4.69, 9.17) is 4.98 Å². The topological polar surface area (TPSA) is 42.0 Å². The van der Waals surface area contributed by atoms with Gasteiger partial charge < -0.3 is 5.32 Å². The predicted octanol–water partition coefficient (Wildman–Crippen LogP) is 3.03. The fourth-order valence-corrected chi connectivity index (χ4v) is 3.15. The predicted molar refractivity (Wildman–Crippen MR) is 82.0 cm³/mol. The number of pyridine rings is 1. The molecule has 1 unspecified atom stereocenters. The molecule has 1 aromatic carbocycles. The van der Waals surface area contributed by atoms with E-state index in [1.54, 1.807) is 12.1 Å². The molecule has 1 fully saturated rings. The maximum absolute atomic E-state index is 13.1. The van der Waals surface area contributed by atoms with Gasteiger partial charge in [0.05, 0.1) is 5.69 Å². The Morgan fingerprint density at radius 2 is 2.09 bits per heavy atom. The zero-order valence-electron chi connectivity index (χ0n) is 12.2. The number of halogens is 1. The summed E-state index contributed by atoms with van der Waals surface area (Å²) in [4.78, 5) is 15.5. The third-order valence-corrected chi connectivity index (χ3v) is 4.59. The molecule has 2 aromatic rings. The van der Waals surface area contributed by atoms with Gasteiger partial charge in [0.2, 0.25) is 6.41 Å². The minimum absolute atomic E-state index is 0.230. The summed E-state index contributed by atoms with van der Waals surface area (Å²) >= 11 is 0. The van der Waals surface area contributed by atoms with E-state index >= 15 is 0 Å². The number of hydrogen-bond donors (Lipinski definition) is 1. The summed E-state index contributed by atoms with van der Waals surface area (Å²) in [6.45, 7) is 0.642. The monoisotopic (exact) mass is 296 g/mol. The van der Waals surface area contributed by atoms with Gasteiger partial charge in [0.15, 0.2) is 0 Å². The summed E-state index contributed by atoms with van der Waals surface area (Å²) in [6, 6.07) is 8.71. The van der Waals surface area contributed by atoms with Crippen LogP contribution in [0, 0.1) is 11.7 Å². The minimum atomic E-state index is -0.230. The summed E-state index contributed by atoms with van der Waals surface area (Å²) < 4.78 is 13.1. The first-order valence-corrected chi connectivity index (χ1v) is 7.72. The lowest BCUT2D eigenvalue weighted by Crippen LogP contribution is -2.22. The standard InChI is InChI=1S/C18H17FN2O/c19-14-5-3-12(4-6-14)18-15-7-13(15)8-17(21-18)16(9-20-10-22)11-1-2-11/h3-6,8,10-11,16H,1-2,7,9H2,(H,20,22). The molecule has 1 N–H and O–H groups in total. The van der Waals surface area contributed by atoms with Gasteiger partial charge in [-0.3, -0.25) is 9.78 Å². The molecule has 4 rings (SSSR count). The van der Waals surface area contributed by atoms with Crippen LogP contribution in [-0.2, 0) is 11.2 Å². The average Bonchev–Trinajstić information content (AvgIpc) is 3.41. The number of fused-ring (bicyclic) bond motifs is 1. The minimum Gasteiger partial charge on any atom is -0.358 e. The lowest BCUT2D eigenvalue weighted by Gasteiger charge is -2.16. The Kier molecular flexibility index (Phi) is 3.17. The molecule has 22 heavy (non-hydrogen) atoms. The van der Waals surface area contributed by atoms with Gasteiger partial charge in [0, 0.05) is 30.1 Å². The third-order valence-electron chi connectivity index (χ3n) is 4.59. The first-order valence-electron chi connectivity index (χ1n) is 7.72. The summed E-state index contributed by atoms with van der Waals surface area (Å²) in [5, 5.41) is 2.80. The Balaban J connectivity index is 1.70. The van der Waals surface area contributed by atoms with Crippen molar-refractivity contribution in [1.82, 2.24) is 10.3 Å². The Hall–Kier alpha value is -2.23. The Labute approximate surface area is 128 Å². The van der Waals surface area contributed by atoms with E-state index in [1.807, 2.05) is 0 Å². The molecule has 4 heteroatoms. The summed E-state index contributed by atoms with van der Waals surface area (Å²) in [6.07, 6.45) is 4.13. The normalized spacial score (nSPS) is 16.8. The van der Waals surface area contributed by atoms with Gasteiger partial charge in [-0.1, -0.05) is 0 Å². The van der Waals surface area contributed by atoms with Crippen LogP contribution in [0.1, 0.15) is 35.6 Å². The van der Waals surface area contributed by atoms with Gasteiger partial charge in [0.25, 0.3) is 0 Å². The number of aromatic nitrogens is 1. The fraction of sp³-hybridized carbons (Fsp3) is 0.333. The molecule has 0 aliphatic heterocycles. The number of nitrogens with one attached hydrogen (secondary N) is 1. The third kappa shape index (κ3) is 2.49. The molecule has 0 saturated heterocycles. The molecule has 1 heterocycles. The number of carbonyl (C=O) groups is 1. The lowest BCUT2D eigenvalue weighted by molar-refractivity contribution is -0.109. The molecule has 0 spiro atoms. The highest BCUT2D eigenvalue weighted by Gasteiger charge is 2.35. The average molecular weight is 296 g/mol. The zero-order chi connectivity index (χ0) is 15.1. The highest BCUT2D eigenvalue weighted by Crippen LogP contribution is 2.45. The van der Waals surface area contributed by atoms with Gasteiger partial charge in [-0.15, -0.1) is 0 Å². The highest BCUT2D eigenvalue weighted by molar-refractivity contribution is 5.71. The number of amides is 1. The largest absolute Gasteiger partial charge is 0.358 e. The first kappa shape index (κ1) is 13.4. The highest BCUT2D eigenvalue weighted by atomic mass is 19.1. The second-order valence-electron chi connectivity index (χ2n) is 6.19. The molecule has 1 aromatic heterocycles. The van der Waals surface area contributed by atoms with E-state index in [1.165, 1.54) is 36.1 Å². The summed E-state index contributed by atoms with van der Waals surface area (Å²) in [5.74, 6) is 0.681. The maximum Gasteiger partial charge on any atom is 0.207 e. The van der Waals surface area contributed by atoms with E-state index < -0.39 is 0 Å². The Bertz CT molecular complexity index is 723. The van der Waals surface area contributed by atoms with Crippen LogP contribution < -0.4 is 5.32 Å². The van der Waals surface area contributed by atoms with Crippen LogP contribution in [0.2, 0.25) is 0 Å². The first-order chi connectivity index (χ1) is 10.8. The second kappa shape index (κ2) is 5.20. The number of nitrogens with zero attached hydrogens (tertiary/aromatic N) is 1. The maximum atomic E-state index is 13.1. The van der Waals surface area contributed by atoms with Crippen LogP contribution in [0.4, 0.5) is 4.39 Å². The smallest absolute Gasteiger partial charge is 0.207 e. The molecule has 1 atom stereocenters. The number of hydrogen-bond acceptors (Lipinski definition) is 2. The van der Waals surface area contributed by atoms with Crippen LogP contribution in [0.25, 0.3) is 11.3 Å². The van der Waals surface area contributed by atoms with Crippen LogP contribution in [0.15, 0.2) is 30.3 Å². The van der Waals surface area contributed by atoms with Crippen LogP contribution in [-0.4, -0.2) is 17.9 Å². The van der Waals surface area contributed by atoms with Crippen molar-refractivity contribution < 1.29 is 9.18 Å². The SMILES string of the molecule is O=CNCC(c1cc2c(c(-c3ccc(F)cc3)n1)C2)C1CC1. The van der Waals surface area contributed by atoms with Gasteiger partial charge in [0.1, 0.15) is 5.82 Å². The van der Waals surface area contributed by atoms with Crippen LogP contribution in [0.3, 0.4) is 0 Å². The molecule has 1 saturated carbocycles. The van der Waals surface area contributed by atoms with Crippen molar-refractivity contribution in [3.8, 4) is 11.3 Å². The van der Waals surface area contributed by atoms with E-state index in [2.05, 4.69) is 11.4 Å². The Morgan fingerprint density at radius 1 is 1.32 bits per heavy atom. The van der Waals surface area contributed by atoms with Gasteiger partial charge in [-0.25, -0.2) is 4.39 Å². The van der Waals surface area contributed by atoms with Crippen molar-refractivity contribution in [3.63, 3.8) is 0 Å². The van der Waals surface area contributed by atoms with E-state index in [9.17, 15) is 9.18 Å². The van der Waals surface area contributed by atoms with Crippen LogP contribution >= 0.6 is 0 Å². The van der Waals surface area contributed by atoms with Crippen molar-refractivity contribution in [3.05, 3.63) is 53.0 Å². The summed E-state index contributed by atoms with van der Waals surface area (Å²) in [5.41, 5.74) is 5.61. The van der Waals surface area contributed by atoms with Crippen molar-refractivity contribution in [2.75, 3.05) is 6.54 Å². The zero-order valence-corrected chi connectivity index (χ0v) is 12.2. The van der Waals surface area contributed by atoms with Gasteiger partial charge >= 0.3 is 0 Å². The number of carbonyl (C=O) groups excluding carboxylic acids is 1. The second-order valence-corrected chi connectivity index (χ2v) is 6.19.